The average molecular weight is 197 g/mol. The van der Waals surface area contributed by atoms with Gasteiger partial charge < -0.3 is 5.73 Å². The van der Waals surface area contributed by atoms with E-state index >= 15 is 0 Å². The third-order valence-corrected chi connectivity index (χ3v) is 2.53. The van der Waals surface area contributed by atoms with Gasteiger partial charge in [-0.15, -0.1) is 0 Å². The average Bonchev–Trinajstić information content (AvgIpc) is 2.89. The molecule has 1 aliphatic carbocycles. The summed E-state index contributed by atoms with van der Waals surface area (Å²) in [6.45, 7) is 0. The molecule has 0 aromatic heterocycles. The summed E-state index contributed by atoms with van der Waals surface area (Å²) >= 11 is 0. The molecule has 74 valence electrons. The highest BCUT2D eigenvalue weighted by Gasteiger charge is 2.42. The largest absolute Gasteiger partial charge is 0.369 e. The lowest BCUT2D eigenvalue weighted by atomic mass is 10.1. The molecule has 1 aromatic carbocycles. The molecule has 0 aliphatic heterocycles. The van der Waals surface area contributed by atoms with Gasteiger partial charge in [-0.3, -0.25) is 4.79 Å². The summed E-state index contributed by atoms with van der Waals surface area (Å²) in [4.78, 5) is 10.8. The molecule has 1 amide bonds. The summed E-state index contributed by atoms with van der Waals surface area (Å²) in [6.07, 6.45) is 0.639. The lowest BCUT2D eigenvalue weighted by molar-refractivity contribution is -0.119. The summed E-state index contributed by atoms with van der Waals surface area (Å²) in [6, 6.07) is 3.69. The Bertz CT molecular complexity index is 392. The van der Waals surface area contributed by atoms with Crippen LogP contribution in [0.2, 0.25) is 0 Å². The fraction of sp³-hybridized carbons (Fsp3) is 0.300. The molecule has 4 heteroatoms. The van der Waals surface area contributed by atoms with Gasteiger partial charge in [-0.2, -0.15) is 0 Å². The molecule has 2 nitrogen and oxygen atoms in total. The van der Waals surface area contributed by atoms with Crippen LogP contribution in [-0.2, 0) is 4.79 Å². The van der Waals surface area contributed by atoms with E-state index in [4.69, 9.17) is 5.73 Å². The van der Waals surface area contributed by atoms with Gasteiger partial charge in [0, 0.05) is 5.92 Å². The molecule has 0 bridgehead atoms. The van der Waals surface area contributed by atoms with Gasteiger partial charge in [0.1, 0.15) is 0 Å². The molecule has 0 unspecified atom stereocenters. The van der Waals surface area contributed by atoms with Gasteiger partial charge in [0.2, 0.25) is 5.91 Å². The number of amides is 1. The third kappa shape index (κ3) is 1.47. The highest BCUT2D eigenvalue weighted by Crippen LogP contribution is 2.47. The Balaban J connectivity index is 2.20. The fourth-order valence-corrected chi connectivity index (χ4v) is 1.62. The number of hydrogen-bond donors (Lipinski definition) is 1. The van der Waals surface area contributed by atoms with Crippen LogP contribution in [0, 0.1) is 17.6 Å². The van der Waals surface area contributed by atoms with Crippen molar-refractivity contribution < 1.29 is 13.6 Å². The van der Waals surface area contributed by atoms with E-state index in [-0.39, 0.29) is 17.7 Å². The molecule has 2 atom stereocenters. The molecule has 2 rings (SSSR count). The van der Waals surface area contributed by atoms with Gasteiger partial charge in [-0.05, 0) is 30.0 Å². The van der Waals surface area contributed by atoms with E-state index in [9.17, 15) is 13.6 Å². The predicted octanol–water partition coefficient (Wildman–Crippen LogP) is 1.55. The summed E-state index contributed by atoms with van der Waals surface area (Å²) in [5.41, 5.74) is 5.73. The molecule has 1 saturated carbocycles. The predicted molar refractivity (Wildman–Crippen MR) is 46.4 cm³/mol. The maximum atomic E-state index is 12.8. The molecule has 0 heterocycles. The van der Waals surface area contributed by atoms with E-state index in [1.54, 1.807) is 0 Å². The van der Waals surface area contributed by atoms with Gasteiger partial charge in [-0.1, -0.05) is 6.07 Å². The second-order valence-electron chi connectivity index (χ2n) is 3.52. The summed E-state index contributed by atoms with van der Waals surface area (Å²) < 4.78 is 25.4. The molecule has 1 aliphatic rings. The number of halogens is 2. The van der Waals surface area contributed by atoms with E-state index in [2.05, 4.69) is 0 Å². The van der Waals surface area contributed by atoms with Crippen molar-refractivity contribution in [1.29, 1.82) is 0 Å². The fourth-order valence-electron chi connectivity index (χ4n) is 1.62. The van der Waals surface area contributed by atoms with Gasteiger partial charge in [0.25, 0.3) is 0 Å². The highest BCUT2D eigenvalue weighted by molar-refractivity contribution is 5.81. The van der Waals surface area contributed by atoms with Crippen LogP contribution in [0.3, 0.4) is 0 Å². The monoisotopic (exact) mass is 197 g/mol. The normalized spacial score (nSPS) is 24.7. The first-order chi connectivity index (χ1) is 6.59. The summed E-state index contributed by atoms with van der Waals surface area (Å²) in [7, 11) is 0. The highest BCUT2D eigenvalue weighted by atomic mass is 19.2. The van der Waals surface area contributed by atoms with Crippen molar-refractivity contribution in [2.45, 2.75) is 12.3 Å². The van der Waals surface area contributed by atoms with Gasteiger partial charge in [0.15, 0.2) is 11.6 Å². The molecule has 2 N–H and O–H groups in total. The Kier molecular flexibility index (Phi) is 1.98. The number of carbonyl (C=O) groups is 1. The van der Waals surface area contributed by atoms with Crippen LogP contribution in [0.1, 0.15) is 17.9 Å². The number of hydrogen-bond acceptors (Lipinski definition) is 1. The van der Waals surface area contributed by atoms with E-state index in [0.717, 1.165) is 12.1 Å². The number of carbonyl (C=O) groups excluding carboxylic acids is 1. The SMILES string of the molecule is NC(=O)[C@@H]1C[C@H]1c1ccc(F)c(F)c1. The second-order valence-corrected chi connectivity index (χ2v) is 3.52. The Morgan fingerprint density at radius 3 is 2.57 bits per heavy atom. The molecular formula is C10H9F2NO. The number of nitrogens with two attached hydrogens (primary N) is 1. The van der Waals surface area contributed by atoms with Crippen molar-refractivity contribution in [1.82, 2.24) is 0 Å². The van der Waals surface area contributed by atoms with Crippen LogP contribution >= 0.6 is 0 Å². The van der Waals surface area contributed by atoms with Crippen molar-refractivity contribution in [3.63, 3.8) is 0 Å². The van der Waals surface area contributed by atoms with Crippen molar-refractivity contribution in [2.75, 3.05) is 0 Å². The van der Waals surface area contributed by atoms with Gasteiger partial charge >= 0.3 is 0 Å². The summed E-state index contributed by atoms with van der Waals surface area (Å²) in [5, 5.41) is 0. The summed E-state index contributed by atoms with van der Waals surface area (Å²) in [5.74, 6) is -2.36. The molecule has 1 aromatic rings. The molecule has 0 radical (unpaired) electrons. The van der Waals surface area contributed by atoms with E-state index < -0.39 is 11.6 Å². The van der Waals surface area contributed by atoms with Crippen molar-refractivity contribution in [3.05, 3.63) is 35.4 Å². The topological polar surface area (TPSA) is 43.1 Å². The quantitative estimate of drug-likeness (QED) is 0.768. The van der Waals surface area contributed by atoms with Crippen LogP contribution in [0.4, 0.5) is 8.78 Å². The molecule has 0 saturated heterocycles. The second kappa shape index (κ2) is 3.04. The van der Waals surface area contributed by atoms with Gasteiger partial charge in [-0.25, -0.2) is 8.78 Å². The van der Waals surface area contributed by atoms with E-state index in [0.29, 0.717) is 12.0 Å². The zero-order chi connectivity index (χ0) is 10.3. The Morgan fingerprint density at radius 2 is 2.07 bits per heavy atom. The Labute approximate surface area is 79.7 Å². The van der Waals surface area contributed by atoms with Crippen molar-refractivity contribution in [2.24, 2.45) is 11.7 Å². The first-order valence-corrected chi connectivity index (χ1v) is 4.34. The Morgan fingerprint density at radius 1 is 1.36 bits per heavy atom. The molecule has 14 heavy (non-hydrogen) atoms. The number of rotatable bonds is 2. The lowest BCUT2D eigenvalue weighted by Crippen LogP contribution is -2.13. The molecular weight excluding hydrogens is 188 g/mol. The maximum absolute atomic E-state index is 12.8. The zero-order valence-electron chi connectivity index (χ0n) is 7.34. The maximum Gasteiger partial charge on any atom is 0.221 e. The zero-order valence-corrected chi connectivity index (χ0v) is 7.34. The Hall–Kier alpha value is -1.45. The lowest BCUT2D eigenvalue weighted by Gasteiger charge is -1.99. The number of benzene rings is 1. The minimum absolute atomic E-state index is 0.0254. The van der Waals surface area contributed by atoms with Crippen LogP contribution in [-0.4, -0.2) is 5.91 Å². The molecule has 0 spiro atoms. The van der Waals surface area contributed by atoms with Crippen LogP contribution in [0.5, 0.6) is 0 Å². The smallest absolute Gasteiger partial charge is 0.221 e. The molecule has 1 fully saturated rings. The standard InChI is InChI=1S/C10H9F2NO/c11-8-2-1-5(3-9(8)12)6-4-7(6)10(13)14/h1-3,6-7H,4H2,(H2,13,14)/t6-,7+/m0/s1. The van der Waals surface area contributed by atoms with Crippen LogP contribution < -0.4 is 5.73 Å². The van der Waals surface area contributed by atoms with E-state index in [1.807, 2.05) is 0 Å². The third-order valence-electron chi connectivity index (χ3n) is 2.53. The van der Waals surface area contributed by atoms with Crippen molar-refractivity contribution in [3.8, 4) is 0 Å². The van der Waals surface area contributed by atoms with Crippen LogP contribution in [0.25, 0.3) is 0 Å². The first kappa shape index (κ1) is 9.12. The van der Waals surface area contributed by atoms with E-state index in [1.165, 1.54) is 6.07 Å². The number of primary amides is 1. The van der Waals surface area contributed by atoms with Crippen molar-refractivity contribution >= 4 is 5.91 Å². The minimum atomic E-state index is -0.877. The van der Waals surface area contributed by atoms with Crippen LogP contribution in [0.15, 0.2) is 18.2 Å². The minimum Gasteiger partial charge on any atom is -0.369 e. The van der Waals surface area contributed by atoms with Gasteiger partial charge in [0.05, 0.1) is 0 Å². The first-order valence-electron chi connectivity index (χ1n) is 4.34.